The number of hydrogen-bond donors (Lipinski definition) is 2. The van der Waals surface area contributed by atoms with E-state index in [0.717, 1.165) is 23.1 Å². The molecule has 148 valence electrons. The highest BCUT2D eigenvalue weighted by atomic mass is 16.5. The SMILES string of the molecule is CCCO[C@@H]1NC(=O)[C@H]1NC(c1ccccc1)(c1ccccc1)c1ccccc1. The van der Waals surface area contributed by atoms with E-state index in [1.54, 1.807) is 0 Å². The van der Waals surface area contributed by atoms with Crippen LogP contribution in [0.1, 0.15) is 30.0 Å². The van der Waals surface area contributed by atoms with Crippen LogP contribution in [0.3, 0.4) is 0 Å². The highest BCUT2D eigenvalue weighted by molar-refractivity contribution is 5.89. The molecule has 1 saturated heterocycles. The first kappa shape index (κ1) is 19.4. The molecule has 4 rings (SSSR count). The van der Waals surface area contributed by atoms with Crippen molar-refractivity contribution in [3.8, 4) is 0 Å². The number of β-lactam (4-membered cyclic amide) rings is 1. The van der Waals surface area contributed by atoms with Crippen LogP contribution < -0.4 is 10.6 Å². The normalized spacial score (nSPS) is 18.7. The monoisotopic (exact) mass is 386 g/mol. The molecule has 29 heavy (non-hydrogen) atoms. The molecular formula is C25H26N2O2. The highest BCUT2D eigenvalue weighted by Gasteiger charge is 2.47. The Hall–Kier alpha value is -2.95. The Balaban J connectivity index is 1.85. The number of amides is 1. The molecule has 1 fully saturated rings. The Morgan fingerprint density at radius 1 is 0.828 bits per heavy atom. The summed E-state index contributed by atoms with van der Waals surface area (Å²) >= 11 is 0. The minimum atomic E-state index is -0.681. The number of carbonyl (C=O) groups excluding carboxylic acids is 1. The average Bonchev–Trinajstić information content (AvgIpc) is 2.79. The van der Waals surface area contributed by atoms with E-state index in [-0.39, 0.29) is 12.1 Å². The molecule has 0 spiro atoms. The highest BCUT2D eigenvalue weighted by Crippen LogP contribution is 2.38. The van der Waals surface area contributed by atoms with Gasteiger partial charge in [-0.2, -0.15) is 0 Å². The van der Waals surface area contributed by atoms with Crippen molar-refractivity contribution in [2.24, 2.45) is 0 Å². The van der Waals surface area contributed by atoms with Crippen molar-refractivity contribution < 1.29 is 9.53 Å². The maximum atomic E-state index is 12.5. The smallest absolute Gasteiger partial charge is 0.243 e. The number of rotatable bonds is 8. The van der Waals surface area contributed by atoms with E-state index in [2.05, 4.69) is 54.0 Å². The van der Waals surface area contributed by atoms with Crippen LogP contribution in [0.25, 0.3) is 0 Å². The van der Waals surface area contributed by atoms with Gasteiger partial charge in [0.2, 0.25) is 5.91 Å². The Labute approximate surface area is 171 Å². The van der Waals surface area contributed by atoms with Gasteiger partial charge in [0, 0.05) is 6.61 Å². The van der Waals surface area contributed by atoms with Crippen LogP contribution in [-0.4, -0.2) is 24.8 Å². The first-order chi connectivity index (χ1) is 14.3. The fourth-order valence-electron chi connectivity index (χ4n) is 3.93. The third kappa shape index (κ3) is 3.69. The maximum Gasteiger partial charge on any atom is 0.243 e. The summed E-state index contributed by atoms with van der Waals surface area (Å²) in [4.78, 5) is 12.5. The van der Waals surface area contributed by atoms with Crippen molar-refractivity contribution in [3.63, 3.8) is 0 Å². The second-order valence-electron chi connectivity index (χ2n) is 7.27. The van der Waals surface area contributed by atoms with Crippen molar-refractivity contribution in [1.82, 2.24) is 10.6 Å². The lowest BCUT2D eigenvalue weighted by Crippen LogP contribution is -2.72. The molecule has 2 N–H and O–H groups in total. The molecule has 1 aliphatic rings. The summed E-state index contributed by atoms with van der Waals surface area (Å²) in [6.07, 6.45) is 0.568. The Kier molecular flexibility index (Phi) is 5.74. The zero-order chi connectivity index (χ0) is 20.1. The van der Waals surface area contributed by atoms with Gasteiger partial charge < -0.3 is 10.1 Å². The number of ether oxygens (including phenoxy) is 1. The first-order valence-corrected chi connectivity index (χ1v) is 10.1. The first-order valence-electron chi connectivity index (χ1n) is 10.1. The van der Waals surface area contributed by atoms with Gasteiger partial charge in [0.1, 0.15) is 6.04 Å². The molecule has 0 saturated carbocycles. The lowest BCUT2D eigenvalue weighted by molar-refractivity contribution is -0.148. The third-order valence-corrected chi connectivity index (χ3v) is 5.36. The van der Waals surface area contributed by atoms with Gasteiger partial charge in [0.05, 0.1) is 5.54 Å². The van der Waals surface area contributed by atoms with Gasteiger partial charge in [0.25, 0.3) is 0 Å². The molecule has 3 aromatic rings. The molecule has 0 aliphatic carbocycles. The standard InChI is InChI=1S/C25H26N2O2/c1-2-18-29-24-22(23(28)26-24)27-25(19-12-6-3-7-13-19,20-14-8-4-9-15-20)21-16-10-5-11-17-21/h3-17,22,24,27H,2,18H2,1H3,(H,26,28)/t22-,24+/m1/s1. The number of carbonyl (C=O) groups is 1. The molecule has 1 heterocycles. The van der Waals surface area contributed by atoms with Gasteiger partial charge in [-0.05, 0) is 23.1 Å². The Bertz CT molecular complexity index is 832. The molecule has 0 aromatic heterocycles. The maximum absolute atomic E-state index is 12.5. The van der Waals surface area contributed by atoms with Crippen molar-refractivity contribution in [1.29, 1.82) is 0 Å². The summed E-state index contributed by atoms with van der Waals surface area (Å²) in [7, 11) is 0. The van der Waals surface area contributed by atoms with Crippen LogP contribution in [0.5, 0.6) is 0 Å². The second-order valence-corrected chi connectivity index (χ2v) is 7.27. The van der Waals surface area contributed by atoms with Crippen molar-refractivity contribution in [2.45, 2.75) is 31.2 Å². The topological polar surface area (TPSA) is 50.4 Å². The minimum absolute atomic E-state index is 0.0433. The quantitative estimate of drug-likeness (QED) is 0.457. The van der Waals surface area contributed by atoms with Crippen LogP contribution in [0, 0.1) is 0 Å². The average molecular weight is 386 g/mol. The number of nitrogens with one attached hydrogen (secondary N) is 2. The lowest BCUT2D eigenvalue weighted by atomic mass is 9.76. The summed E-state index contributed by atoms with van der Waals surface area (Å²) in [5.41, 5.74) is 2.55. The summed E-state index contributed by atoms with van der Waals surface area (Å²) in [6.45, 7) is 2.67. The fourth-order valence-corrected chi connectivity index (χ4v) is 3.93. The van der Waals surface area contributed by atoms with E-state index < -0.39 is 11.6 Å². The second kappa shape index (κ2) is 8.60. The molecule has 2 atom stereocenters. The van der Waals surface area contributed by atoms with Crippen LogP contribution >= 0.6 is 0 Å². The van der Waals surface area contributed by atoms with Crippen molar-refractivity contribution >= 4 is 5.91 Å². The lowest BCUT2D eigenvalue weighted by Gasteiger charge is -2.45. The summed E-state index contributed by atoms with van der Waals surface area (Å²) in [5.74, 6) is -0.0433. The summed E-state index contributed by atoms with van der Waals surface area (Å²) in [5, 5.41) is 6.57. The molecular weight excluding hydrogens is 360 g/mol. The predicted molar refractivity (Wildman–Crippen MR) is 114 cm³/mol. The van der Waals surface area contributed by atoms with Crippen molar-refractivity contribution in [3.05, 3.63) is 108 Å². The fraction of sp³-hybridized carbons (Fsp3) is 0.240. The van der Waals surface area contributed by atoms with E-state index in [0.29, 0.717) is 6.61 Å². The molecule has 0 unspecified atom stereocenters. The molecule has 1 amide bonds. The summed E-state index contributed by atoms with van der Waals surface area (Å²) < 4.78 is 5.87. The summed E-state index contributed by atoms with van der Waals surface area (Å²) in [6, 6.07) is 30.4. The molecule has 3 aromatic carbocycles. The van der Waals surface area contributed by atoms with Gasteiger partial charge in [-0.15, -0.1) is 0 Å². The number of hydrogen-bond acceptors (Lipinski definition) is 3. The van der Waals surface area contributed by atoms with E-state index in [4.69, 9.17) is 4.74 Å². The Morgan fingerprint density at radius 2 is 1.28 bits per heavy atom. The molecule has 4 heteroatoms. The number of benzene rings is 3. The third-order valence-electron chi connectivity index (χ3n) is 5.36. The van der Waals surface area contributed by atoms with Crippen LogP contribution in [0.15, 0.2) is 91.0 Å². The Morgan fingerprint density at radius 3 is 1.66 bits per heavy atom. The molecule has 0 radical (unpaired) electrons. The minimum Gasteiger partial charge on any atom is -0.356 e. The van der Waals surface area contributed by atoms with Gasteiger partial charge in [-0.25, -0.2) is 0 Å². The van der Waals surface area contributed by atoms with Gasteiger partial charge >= 0.3 is 0 Å². The molecule has 0 bridgehead atoms. The van der Waals surface area contributed by atoms with E-state index in [1.165, 1.54) is 0 Å². The molecule has 1 aliphatic heterocycles. The van der Waals surface area contributed by atoms with Gasteiger partial charge in [-0.3, -0.25) is 10.1 Å². The van der Waals surface area contributed by atoms with Crippen molar-refractivity contribution in [2.75, 3.05) is 6.61 Å². The zero-order valence-corrected chi connectivity index (χ0v) is 16.5. The van der Waals surface area contributed by atoms with Crippen LogP contribution in [0.2, 0.25) is 0 Å². The predicted octanol–water partition coefficient (Wildman–Crippen LogP) is 3.82. The van der Waals surface area contributed by atoms with Gasteiger partial charge in [-0.1, -0.05) is 97.9 Å². The van der Waals surface area contributed by atoms with E-state index >= 15 is 0 Å². The largest absolute Gasteiger partial charge is 0.356 e. The van der Waals surface area contributed by atoms with Gasteiger partial charge in [0.15, 0.2) is 6.23 Å². The zero-order valence-electron chi connectivity index (χ0n) is 16.5. The van der Waals surface area contributed by atoms with Crippen LogP contribution in [-0.2, 0) is 15.1 Å². The van der Waals surface area contributed by atoms with E-state index in [9.17, 15) is 4.79 Å². The van der Waals surface area contributed by atoms with Crippen LogP contribution in [0.4, 0.5) is 0 Å². The molecule has 4 nitrogen and oxygen atoms in total. The van der Waals surface area contributed by atoms with E-state index in [1.807, 2.05) is 54.6 Å².